The molecule has 6 rings (SSSR count). The van der Waals surface area contributed by atoms with Gasteiger partial charge in [-0.25, -0.2) is 4.39 Å². The summed E-state index contributed by atoms with van der Waals surface area (Å²) in [5, 5.41) is 4.83. The predicted molar refractivity (Wildman–Crippen MR) is 207 cm³/mol. The Bertz CT molecular complexity index is 1980. The highest BCUT2D eigenvalue weighted by molar-refractivity contribution is 6.34. The van der Waals surface area contributed by atoms with Crippen LogP contribution in [0.5, 0.6) is 0 Å². The molecule has 0 aromatic heterocycles. The molecule has 4 aromatic carbocycles. The molecule has 2 saturated heterocycles. The van der Waals surface area contributed by atoms with Gasteiger partial charge in [-0.2, -0.15) is 26.3 Å². The highest BCUT2D eigenvalue weighted by Crippen LogP contribution is 2.35. The second kappa shape index (κ2) is 19.1. The highest BCUT2D eigenvalue weighted by Gasteiger charge is 2.35. The molecule has 0 aliphatic carbocycles. The van der Waals surface area contributed by atoms with Crippen molar-refractivity contribution in [3.8, 4) is 0 Å². The van der Waals surface area contributed by atoms with Crippen molar-refractivity contribution >= 4 is 35.0 Å². The van der Waals surface area contributed by atoms with Crippen LogP contribution in [0.4, 0.5) is 30.7 Å². The van der Waals surface area contributed by atoms with Crippen molar-refractivity contribution in [2.45, 2.75) is 76.1 Å². The van der Waals surface area contributed by atoms with E-state index in [0.717, 1.165) is 68.1 Å². The second-order valence-corrected chi connectivity index (χ2v) is 15.2. The molecule has 4 atom stereocenters. The maximum Gasteiger partial charge on any atom is 0.416 e. The zero-order valence-electron chi connectivity index (χ0n) is 31.2. The Balaban J connectivity index is 0.000000218. The van der Waals surface area contributed by atoms with Gasteiger partial charge < -0.3 is 10.6 Å². The molecule has 4 aromatic rings. The third-order valence-corrected chi connectivity index (χ3v) is 11.0. The average molecular weight is 840 g/mol. The minimum absolute atomic E-state index is 0.00754. The van der Waals surface area contributed by atoms with Crippen LogP contribution in [0.1, 0.15) is 94.6 Å². The van der Waals surface area contributed by atoms with E-state index in [-0.39, 0.29) is 16.6 Å². The van der Waals surface area contributed by atoms with Crippen molar-refractivity contribution in [3.05, 3.63) is 140 Å². The summed E-state index contributed by atoms with van der Waals surface area (Å²) in [5.74, 6) is -2.72. The van der Waals surface area contributed by atoms with Gasteiger partial charge in [0.2, 0.25) is 0 Å². The number of hydrogen-bond acceptors (Lipinski definition) is 4. The fourth-order valence-corrected chi connectivity index (χ4v) is 7.52. The van der Waals surface area contributed by atoms with E-state index in [1.54, 1.807) is 0 Å². The molecule has 0 radical (unpaired) electrons. The SMILES string of the molecule is CC1CCCN1C[C@@H](NC(=O)c1cc(C(F)(F)F)cc(Cl)c1F)c1ccccc1.CC1CCCN1C[C@@H](NC(=O)c1cc(C(F)(F)F)ccc1Cl)c1ccccc1. The van der Waals surface area contributed by atoms with Crippen molar-refractivity contribution in [1.29, 1.82) is 0 Å². The Kier molecular flexibility index (Phi) is 14.7. The lowest BCUT2D eigenvalue weighted by Crippen LogP contribution is -2.39. The summed E-state index contributed by atoms with van der Waals surface area (Å²) in [7, 11) is 0. The standard InChI is InChI=1S/C21H21ClF4N2O.C21H22ClF3N2O/c1-13-6-5-9-28(13)12-18(14-7-3-2-4-8-14)27-20(29)16-10-15(21(24,25)26)11-17(22)19(16)23;1-14-6-5-11-27(14)13-19(15-7-3-2-4-8-15)26-20(28)17-12-16(21(23,24)25)9-10-18(17)22/h2-4,7-8,10-11,13,18H,5-6,9,12H2,1H3,(H,27,29);2-4,7-10,12,14,19H,5-6,11,13H2,1H3,(H,26,28)/t13?,18-;14?,19-/m11/s1. The molecular formula is C42H43Cl2F7N4O2. The average Bonchev–Trinajstić information content (AvgIpc) is 3.78. The second-order valence-electron chi connectivity index (χ2n) is 14.4. The Morgan fingerprint density at radius 2 is 1.09 bits per heavy atom. The topological polar surface area (TPSA) is 64.7 Å². The van der Waals surface area contributed by atoms with E-state index in [0.29, 0.717) is 37.3 Å². The minimum Gasteiger partial charge on any atom is -0.344 e. The quantitative estimate of drug-likeness (QED) is 0.156. The Labute approximate surface area is 337 Å². The van der Waals surface area contributed by atoms with Gasteiger partial charge in [-0.3, -0.25) is 19.4 Å². The zero-order valence-corrected chi connectivity index (χ0v) is 32.8. The number of carbonyl (C=O) groups is 2. The number of likely N-dealkylation sites (tertiary alicyclic amines) is 2. The fraction of sp³-hybridized carbons (Fsp3) is 0.381. The Morgan fingerprint density at radius 3 is 1.51 bits per heavy atom. The van der Waals surface area contributed by atoms with Crippen LogP contribution in [-0.4, -0.2) is 59.9 Å². The Morgan fingerprint density at radius 1 is 0.649 bits per heavy atom. The van der Waals surface area contributed by atoms with Crippen molar-refractivity contribution in [1.82, 2.24) is 20.4 Å². The van der Waals surface area contributed by atoms with Crippen molar-refractivity contribution in [2.75, 3.05) is 26.2 Å². The highest BCUT2D eigenvalue weighted by atomic mass is 35.5. The van der Waals surface area contributed by atoms with E-state index < -0.39 is 57.7 Å². The molecule has 2 aliphatic heterocycles. The molecule has 57 heavy (non-hydrogen) atoms. The number of carbonyl (C=O) groups excluding carboxylic acids is 2. The number of nitrogens with zero attached hydrogens (tertiary/aromatic N) is 2. The first kappa shape index (κ1) is 43.9. The van der Waals surface area contributed by atoms with E-state index in [1.165, 1.54) is 0 Å². The molecule has 2 aliphatic rings. The molecule has 2 N–H and O–H groups in total. The van der Waals surface area contributed by atoms with Crippen LogP contribution in [0, 0.1) is 5.82 Å². The maximum atomic E-state index is 14.4. The molecule has 0 spiro atoms. The van der Waals surface area contributed by atoms with E-state index in [1.807, 2.05) is 60.7 Å². The third kappa shape index (κ3) is 11.7. The first-order chi connectivity index (χ1) is 26.9. The van der Waals surface area contributed by atoms with Gasteiger partial charge in [0, 0.05) is 25.2 Å². The molecule has 2 unspecified atom stereocenters. The monoisotopic (exact) mass is 838 g/mol. The molecule has 15 heteroatoms. The van der Waals surface area contributed by atoms with Gasteiger partial charge in [0.15, 0.2) is 5.82 Å². The van der Waals surface area contributed by atoms with Gasteiger partial charge in [-0.05, 0) is 94.1 Å². The van der Waals surface area contributed by atoms with Crippen LogP contribution >= 0.6 is 23.2 Å². The zero-order chi connectivity index (χ0) is 41.5. The van der Waals surface area contributed by atoms with Crippen LogP contribution in [0.15, 0.2) is 91.0 Å². The molecule has 0 bridgehead atoms. The van der Waals surface area contributed by atoms with E-state index >= 15 is 0 Å². The van der Waals surface area contributed by atoms with Crippen LogP contribution in [0.2, 0.25) is 10.0 Å². The Hall–Kier alpha value is -4.17. The van der Waals surface area contributed by atoms with Crippen LogP contribution in [-0.2, 0) is 12.4 Å². The number of rotatable bonds is 10. The van der Waals surface area contributed by atoms with Gasteiger partial charge >= 0.3 is 12.4 Å². The summed E-state index contributed by atoms with van der Waals surface area (Å²) >= 11 is 11.6. The molecule has 306 valence electrons. The summed E-state index contributed by atoms with van der Waals surface area (Å²) in [4.78, 5) is 30.0. The van der Waals surface area contributed by atoms with Crippen LogP contribution < -0.4 is 10.6 Å². The number of alkyl halides is 6. The number of amides is 2. The van der Waals surface area contributed by atoms with Crippen LogP contribution in [0.3, 0.4) is 0 Å². The first-order valence-corrected chi connectivity index (χ1v) is 19.3. The lowest BCUT2D eigenvalue weighted by atomic mass is 10.0. The lowest BCUT2D eigenvalue weighted by Gasteiger charge is -2.28. The number of hydrogen-bond donors (Lipinski definition) is 2. The molecule has 2 fully saturated rings. The first-order valence-electron chi connectivity index (χ1n) is 18.5. The van der Waals surface area contributed by atoms with Gasteiger partial charge in [-0.1, -0.05) is 83.9 Å². The summed E-state index contributed by atoms with van der Waals surface area (Å²) in [6.07, 6.45) is -5.02. The van der Waals surface area contributed by atoms with E-state index in [2.05, 4.69) is 34.3 Å². The number of benzene rings is 4. The third-order valence-electron chi connectivity index (χ3n) is 10.4. The van der Waals surface area contributed by atoms with E-state index in [9.17, 15) is 40.3 Å². The molecule has 6 nitrogen and oxygen atoms in total. The van der Waals surface area contributed by atoms with Gasteiger partial charge in [-0.15, -0.1) is 0 Å². The summed E-state index contributed by atoms with van der Waals surface area (Å²) in [5.41, 5.74) is -1.27. The largest absolute Gasteiger partial charge is 0.416 e. The van der Waals surface area contributed by atoms with Crippen LogP contribution in [0.25, 0.3) is 0 Å². The smallest absolute Gasteiger partial charge is 0.344 e. The van der Waals surface area contributed by atoms with Crippen molar-refractivity contribution in [2.24, 2.45) is 0 Å². The summed E-state index contributed by atoms with van der Waals surface area (Å²) < 4.78 is 92.6. The lowest BCUT2D eigenvalue weighted by molar-refractivity contribution is -0.138. The molecular weight excluding hydrogens is 796 g/mol. The maximum absolute atomic E-state index is 14.4. The van der Waals surface area contributed by atoms with Crippen molar-refractivity contribution in [3.63, 3.8) is 0 Å². The normalized spacial score (nSPS) is 18.7. The van der Waals surface area contributed by atoms with Gasteiger partial charge in [0.05, 0.1) is 44.4 Å². The number of halogens is 9. The summed E-state index contributed by atoms with van der Waals surface area (Å²) in [6.45, 7) is 7.09. The van der Waals surface area contributed by atoms with Crippen molar-refractivity contribution < 1.29 is 40.3 Å². The van der Waals surface area contributed by atoms with Gasteiger partial charge in [0.1, 0.15) is 0 Å². The minimum atomic E-state index is -4.74. The molecule has 2 heterocycles. The summed E-state index contributed by atoms with van der Waals surface area (Å²) in [6, 6.07) is 22.2. The van der Waals surface area contributed by atoms with E-state index in [4.69, 9.17) is 23.2 Å². The van der Waals surface area contributed by atoms with Gasteiger partial charge in [0.25, 0.3) is 11.8 Å². The molecule has 2 amide bonds. The predicted octanol–water partition coefficient (Wildman–Crippen LogP) is 10.8. The fourth-order valence-electron chi connectivity index (χ4n) is 7.10. The molecule has 0 saturated carbocycles. The number of nitrogens with one attached hydrogen (secondary N) is 2.